The number of hydrogen-bond acceptors (Lipinski definition) is 3. The van der Waals surface area contributed by atoms with E-state index in [0.29, 0.717) is 13.1 Å². The third kappa shape index (κ3) is 4.36. The smallest absolute Gasteiger partial charge is 0.237 e. The predicted octanol–water partition coefficient (Wildman–Crippen LogP) is 0.313. The molecule has 15 heavy (non-hydrogen) atoms. The topological polar surface area (TPSA) is 57.7 Å². The Hall–Kier alpha value is -0.330. The van der Waals surface area contributed by atoms with Gasteiger partial charge in [0.2, 0.25) is 15.9 Å². The van der Waals surface area contributed by atoms with Crippen LogP contribution in [0.4, 0.5) is 0 Å². The molecule has 0 bridgehead atoms. The second kappa shape index (κ2) is 6.30. The summed E-state index contributed by atoms with van der Waals surface area (Å²) in [6, 6.07) is 0. The van der Waals surface area contributed by atoms with Crippen LogP contribution in [0.25, 0.3) is 0 Å². The minimum absolute atomic E-state index is 0.156. The van der Waals surface area contributed by atoms with Gasteiger partial charge in [0.15, 0.2) is 0 Å². The summed E-state index contributed by atoms with van der Waals surface area (Å²) in [4.78, 5) is 13.1. The van der Waals surface area contributed by atoms with E-state index in [1.54, 1.807) is 4.90 Å². The molecule has 0 radical (unpaired) electrons. The zero-order valence-electron chi connectivity index (χ0n) is 9.23. The summed E-state index contributed by atoms with van der Waals surface area (Å²) < 4.78 is 23.5. The molecular weight excluding hydrogens is 240 g/mol. The standard InChI is InChI=1S/C8H17ClN2O3S/c1-4-11(5-2)8(12)6-10(3)15(13,14)7-9/h4-7H2,1-3H3. The lowest BCUT2D eigenvalue weighted by Crippen LogP contribution is -2.41. The average molecular weight is 257 g/mol. The number of alkyl halides is 1. The van der Waals surface area contributed by atoms with E-state index in [9.17, 15) is 13.2 Å². The lowest BCUT2D eigenvalue weighted by molar-refractivity contribution is -0.130. The monoisotopic (exact) mass is 256 g/mol. The molecule has 1 amide bonds. The molecule has 0 heterocycles. The molecule has 90 valence electrons. The number of halogens is 1. The highest BCUT2D eigenvalue weighted by atomic mass is 35.5. The second-order valence-corrected chi connectivity index (χ2v) is 5.70. The van der Waals surface area contributed by atoms with Gasteiger partial charge in [0.05, 0.1) is 6.54 Å². The molecular formula is C8H17ClN2O3S. The van der Waals surface area contributed by atoms with Crippen LogP contribution in [0.3, 0.4) is 0 Å². The molecule has 0 aliphatic heterocycles. The van der Waals surface area contributed by atoms with E-state index in [4.69, 9.17) is 11.6 Å². The molecule has 0 aliphatic carbocycles. The molecule has 0 aromatic carbocycles. The molecule has 0 saturated carbocycles. The maximum atomic E-state index is 11.6. The molecule has 0 atom stereocenters. The van der Waals surface area contributed by atoms with Crippen molar-refractivity contribution in [2.24, 2.45) is 0 Å². The molecule has 0 fully saturated rings. The first kappa shape index (κ1) is 14.7. The van der Waals surface area contributed by atoms with Gasteiger partial charge in [-0.15, -0.1) is 11.6 Å². The zero-order chi connectivity index (χ0) is 12.1. The number of hydrogen-bond donors (Lipinski definition) is 0. The van der Waals surface area contributed by atoms with Crippen molar-refractivity contribution < 1.29 is 13.2 Å². The van der Waals surface area contributed by atoms with Gasteiger partial charge in [-0.2, -0.15) is 4.31 Å². The summed E-state index contributed by atoms with van der Waals surface area (Å²) in [5.41, 5.74) is 0. The molecule has 0 N–H and O–H groups in total. The van der Waals surface area contributed by atoms with E-state index in [1.165, 1.54) is 7.05 Å². The van der Waals surface area contributed by atoms with E-state index in [1.807, 2.05) is 13.8 Å². The van der Waals surface area contributed by atoms with Crippen molar-refractivity contribution in [2.75, 3.05) is 31.9 Å². The Morgan fingerprint density at radius 3 is 2.07 bits per heavy atom. The summed E-state index contributed by atoms with van der Waals surface area (Å²) >= 11 is 5.26. The Balaban J connectivity index is 4.42. The number of carbonyl (C=O) groups is 1. The highest BCUT2D eigenvalue weighted by molar-refractivity contribution is 7.90. The second-order valence-electron chi connectivity index (χ2n) is 3.04. The van der Waals surface area contributed by atoms with Gasteiger partial charge in [0.1, 0.15) is 5.21 Å². The van der Waals surface area contributed by atoms with Crippen molar-refractivity contribution in [3.8, 4) is 0 Å². The summed E-state index contributed by atoms with van der Waals surface area (Å²) in [6.45, 7) is 4.68. The number of sulfonamides is 1. The number of amides is 1. The molecule has 0 saturated heterocycles. The SMILES string of the molecule is CCN(CC)C(=O)CN(C)S(=O)(=O)CCl. The van der Waals surface area contributed by atoms with Gasteiger partial charge in [-0.1, -0.05) is 0 Å². The van der Waals surface area contributed by atoms with Crippen LogP contribution in [-0.4, -0.2) is 55.4 Å². The van der Waals surface area contributed by atoms with Crippen molar-refractivity contribution in [1.82, 2.24) is 9.21 Å². The van der Waals surface area contributed by atoms with Crippen LogP contribution in [0.2, 0.25) is 0 Å². The van der Waals surface area contributed by atoms with Crippen LogP contribution < -0.4 is 0 Å². The number of carbonyl (C=O) groups excluding carboxylic acids is 1. The Morgan fingerprint density at radius 2 is 1.73 bits per heavy atom. The minimum Gasteiger partial charge on any atom is -0.342 e. The molecule has 7 heteroatoms. The molecule has 0 aliphatic rings. The number of likely N-dealkylation sites (N-methyl/N-ethyl adjacent to an activating group) is 2. The molecule has 0 rings (SSSR count). The molecule has 0 unspecified atom stereocenters. The van der Waals surface area contributed by atoms with Crippen molar-refractivity contribution in [3.05, 3.63) is 0 Å². The van der Waals surface area contributed by atoms with Gasteiger partial charge < -0.3 is 4.90 Å². The highest BCUT2D eigenvalue weighted by Crippen LogP contribution is 2.01. The Bertz CT molecular complexity index is 301. The highest BCUT2D eigenvalue weighted by Gasteiger charge is 2.21. The van der Waals surface area contributed by atoms with Gasteiger partial charge in [-0.05, 0) is 13.8 Å². The van der Waals surface area contributed by atoms with Crippen LogP contribution in [0.1, 0.15) is 13.8 Å². The molecule has 0 aromatic heterocycles. The van der Waals surface area contributed by atoms with Crippen molar-refractivity contribution >= 4 is 27.5 Å². The van der Waals surface area contributed by atoms with Gasteiger partial charge >= 0.3 is 0 Å². The van der Waals surface area contributed by atoms with Gasteiger partial charge in [-0.25, -0.2) is 8.42 Å². The van der Waals surface area contributed by atoms with Crippen LogP contribution >= 0.6 is 11.6 Å². The van der Waals surface area contributed by atoms with Gasteiger partial charge in [-0.3, -0.25) is 4.79 Å². The van der Waals surface area contributed by atoms with Gasteiger partial charge in [0.25, 0.3) is 0 Å². The first-order chi connectivity index (χ1) is 6.88. The van der Waals surface area contributed by atoms with Crippen molar-refractivity contribution in [1.29, 1.82) is 0 Å². The first-order valence-corrected chi connectivity index (χ1v) is 6.81. The molecule has 0 spiro atoms. The summed E-state index contributed by atoms with van der Waals surface area (Å²) in [5.74, 6) is -0.212. The first-order valence-electron chi connectivity index (χ1n) is 4.66. The lowest BCUT2D eigenvalue weighted by atomic mass is 10.4. The van der Waals surface area contributed by atoms with Crippen LogP contribution in [0.5, 0.6) is 0 Å². The van der Waals surface area contributed by atoms with Crippen LogP contribution in [0, 0.1) is 0 Å². The summed E-state index contributed by atoms with van der Waals surface area (Å²) in [7, 11) is -2.15. The van der Waals surface area contributed by atoms with E-state index < -0.39 is 15.2 Å². The predicted molar refractivity (Wildman–Crippen MR) is 60.2 cm³/mol. The van der Waals surface area contributed by atoms with Crippen molar-refractivity contribution in [2.45, 2.75) is 13.8 Å². The number of nitrogens with zero attached hydrogens (tertiary/aromatic N) is 2. The van der Waals surface area contributed by atoms with Gasteiger partial charge in [0, 0.05) is 20.1 Å². The maximum Gasteiger partial charge on any atom is 0.237 e. The fourth-order valence-corrected chi connectivity index (χ4v) is 2.02. The van der Waals surface area contributed by atoms with Crippen molar-refractivity contribution in [3.63, 3.8) is 0 Å². The summed E-state index contributed by atoms with van der Waals surface area (Å²) in [6.07, 6.45) is 0. The van der Waals surface area contributed by atoms with Crippen LogP contribution in [-0.2, 0) is 14.8 Å². The summed E-state index contributed by atoms with van der Waals surface area (Å²) in [5, 5.41) is -0.505. The number of rotatable bonds is 6. The van der Waals surface area contributed by atoms with E-state index in [0.717, 1.165) is 4.31 Å². The normalized spacial score (nSPS) is 11.8. The molecule has 0 aromatic rings. The Labute approximate surface area is 96.0 Å². The quantitative estimate of drug-likeness (QED) is 0.643. The lowest BCUT2D eigenvalue weighted by Gasteiger charge is -2.22. The Morgan fingerprint density at radius 1 is 1.27 bits per heavy atom. The molecule has 5 nitrogen and oxygen atoms in total. The Kier molecular flexibility index (Phi) is 6.16. The third-order valence-electron chi connectivity index (χ3n) is 2.09. The van der Waals surface area contributed by atoms with E-state index in [2.05, 4.69) is 0 Å². The average Bonchev–Trinajstić information content (AvgIpc) is 2.19. The van der Waals surface area contributed by atoms with E-state index >= 15 is 0 Å². The third-order valence-corrected chi connectivity index (χ3v) is 4.27. The van der Waals surface area contributed by atoms with E-state index in [-0.39, 0.29) is 12.5 Å². The zero-order valence-corrected chi connectivity index (χ0v) is 10.8. The minimum atomic E-state index is -3.49. The fourth-order valence-electron chi connectivity index (χ4n) is 1.05. The largest absolute Gasteiger partial charge is 0.342 e. The fraction of sp³-hybridized carbons (Fsp3) is 0.875. The maximum absolute atomic E-state index is 11.6. The van der Waals surface area contributed by atoms with Crippen LogP contribution in [0.15, 0.2) is 0 Å².